The van der Waals surface area contributed by atoms with Crippen molar-refractivity contribution < 1.29 is 19.4 Å². The van der Waals surface area contributed by atoms with Gasteiger partial charge in [0.2, 0.25) is 0 Å². The molecule has 2 N–H and O–H groups in total. The van der Waals surface area contributed by atoms with Gasteiger partial charge in [-0.2, -0.15) is 0 Å². The van der Waals surface area contributed by atoms with E-state index in [9.17, 15) is 9.59 Å². The van der Waals surface area contributed by atoms with E-state index in [-0.39, 0.29) is 18.6 Å². The fourth-order valence-electron chi connectivity index (χ4n) is 1.18. The molecule has 0 aliphatic rings. The van der Waals surface area contributed by atoms with E-state index in [0.29, 0.717) is 10.8 Å². The second-order valence-corrected chi connectivity index (χ2v) is 3.90. The lowest BCUT2D eigenvalue weighted by Gasteiger charge is -2.04. The van der Waals surface area contributed by atoms with Gasteiger partial charge in [-0.25, -0.2) is 9.78 Å². The zero-order valence-electron chi connectivity index (χ0n) is 10.2. The molecule has 0 saturated carbocycles. The average molecular weight is 285 g/mol. The quantitative estimate of drug-likeness (QED) is 0.614. The Kier molecular flexibility index (Phi) is 5.81. The molecule has 0 radical (unpaired) electrons. The van der Waals surface area contributed by atoms with Gasteiger partial charge >= 0.3 is 11.9 Å². The van der Waals surface area contributed by atoms with E-state index in [2.05, 4.69) is 15.0 Å². The topological polar surface area (TPSA) is 88.5 Å². The van der Waals surface area contributed by atoms with Crippen LogP contribution in [0.3, 0.4) is 0 Å². The monoisotopic (exact) mass is 284 g/mol. The predicted octanol–water partition coefficient (Wildman–Crippen LogP) is 2.07. The van der Waals surface area contributed by atoms with E-state index in [4.69, 9.17) is 16.7 Å². The van der Waals surface area contributed by atoms with Crippen LogP contribution >= 0.6 is 11.6 Å². The van der Waals surface area contributed by atoms with Crippen LogP contribution in [0.4, 0.5) is 5.82 Å². The number of nitrogens with one attached hydrogen (secondary N) is 1. The maximum absolute atomic E-state index is 11.2. The maximum atomic E-state index is 11.2. The average Bonchev–Trinajstić information content (AvgIpc) is 2.36. The molecule has 0 saturated heterocycles. The van der Waals surface area contributed by atoms with Crippen molar-refractivity contribution in [2.75, 3.05) is 11.9 Å². The molecule has 1 aromatic rings. The summed E-state index contributed by atoms with van der Waals surface area (Å²) >= 11 is 5.67. The molecule has 7 heteroatoms. The van der Waals surface area contributed by atoms with E-state index in [1.807, 2.05) is 0 Å². The molecule has 0 amide bonds. The number of esters is 1. The summed E-state index contributed by atoms with van der Waals surface area (Å²) in [5.74, 6) is -1.37. The van der Waals surface area contributed by atoms with Gasteiger partial charge in [0.1, 0.15) is 5.82 Å². The first kappa shape index (κ1) is 15.0. The Morgan fingerprint density at radius 1 is 1.53 bits per heavy atom. The van der Waals surface area contributed by atoms with Crippen molar-refractivity contribution in [1.29, 1.82) is 0 Å². The fraction of sp³-hybridized carbons (Fsp3) is 0.250. The van der Waals surface area contributed by atoms with Gasteiger partial charge < -0.3 is 15.2 Å². The summed E-state index contributed by atoms with van der Waals surface area (Å²) in [4.78, 5) is 26.1. The first-order valence-electron chi connectivity index (χ1n) is 5.49. The Hall–Kier alpha value is -2.08. The van der Waals surface area contributed by atoms with E-state index < -0.39 is 11.9 Å². The van der Waals surface area contributed by atoms with Crippen LogP contribution in [0, 0.1) is 0 Å². The molecular formula is C12H13ClN2O4. The molecule has 6 nitrogen and oxygen atoms in total. The summed E-state index contributed by atoms with van der Waals surface area (Å²) in [6.07, 6.45) is 2.31. The van der Waals surface area contributed by atoms with Crippen LogP contribution in [-0.4, -0.2) is 28.6 Å². The number of carboxylic acids is 1. The first-order valence-corrected chi connectivity index (χ1v) is 5.86. The Balaban J connectivity index is 2.70. The molecule has 1 aromatic heterocycles. The third-order valence-electron chi connectivity index (χ3n) is 2.04. The summed E-state index contributed by atoms with van der Waals surface area (Å²) in [5.41, 5.74) is -0.116. The highest BCUT2D eigenvalue weighted by Crippen LogP contribution is 2.11. The Bertz CT molecular complexity index is 485. The predicted molar refractivity (Wildman–Crippen MR) is 69.8 cm³/mol. The molecule has 0 bridgehead atoms. The minimum Gasteiger partial charge on any atom is -0.478 e. The molecule has 0 aliphatic heterocycles. The van der Waals surface area contributed by atoms with Gasteiger partial charge in [-0.05, 0) is 19.1 Å². The van der Waals surface area contributed by atoms with Crippen molar-refractivity contribution in [3.8, 4) is 0 Å². The number of aromatic nitrogens is 1. The highest BCUT2D eigenvalue weighted by atomic mass is 35.5. The largest absolute Gasteiger partial charge is 0.478 e. The highest BCUT2D eigenvalue weighted by Gasteiger charge is 2.13. The molecule has 102 valence electrons. The number of rotatable bonds is 6. The SMILES string of the molecule is CCOC(=O)C/C(=C/Nc1ccc(Cl)cn1)C(=O)O. The van der Waals surface area contributed by atoms with Gasteiger partial charge in [0.25, 0.3) is 0 Å². The fourth-order valence-corrected chi connectivity index (χ4v) is 1.29. The number of carbonyl (C=O) groups is 2. The smallest absolute Gasteiger partial charge is 0.333 e. The number of hydrogen-bond acceptors (Lipinski definition) is 5. The third-order valence-corrected chi connectivity index (χ3v) is 2.26. The summed E-state index contributed by atoms with van der Waals surface area (Å²) in [6, 6.07) is 3.19. The number of nitrogens with zero attached hydrogens (tertiary/aromatic N) is 1. The third kappa shape index (κ3) is 5.39. The number of carbonyl (C=O) groups excluding carboxylic acids is 1. The van der Waals surface area contributed by atoms with Crippen molar-refractivity contribution in [3.05, 3.63) is 35.1 Å². The van der Waals surface area contributed by atoms with Crippen LogP contribution in [-0.2, 0) is 14.3 Å². The number of ether oxygens (including phenoxy) is 1. The molecule has 1 heterocycles. The van der Waals surface area contributed by atoms with Crippen LogP contribution in [0.15, 0.2) is 30.1 Å². The molecule has 0 aromatic carbocycles. The van der Waals surface area contributed by atoms with Gasteiger partial charge in [0.05, 0.1) is 23.6 Å². The Morgan fingerprint density at radius 2 is 2.26 bits per heavy atom. The molecule has 1 rings (SSSR count). The van der Waals surface area contributed by atoms with Crippen LogP contribution in [0.5, 0.6) is 0 Å². The summed E-state index contributed by atoms with van der Waals surface area (Å²) in [6.45, 7) is 1.86. The van der Waals surface area contributed by atoms with Gasteiger partial charge in [-0.1, -0.05) is 11.6 Å². The lowest BCUT2D eigenvalue weighted by Crippen LogP contribution is -2.12. The second kappa shape index (κ2) is 7.38. The molecule has 0 aliphatic carbocycles. The first-order chi connectivity index (χ1) is 9.02. The van der Waals surface area contributed by atoms with E-state index in [0.717, 1.165) is 0 Å². The van der Waals surface area contributed by atoms with E-state index in [1.165, 1.54) is 12.4 Å². The van der Waals surface area contributed by atoms with Gasteiger partial charge in [0.15, 0.2) is 0 Å². The van der Waals surface area contributed by atoms with Gasteiger partial charge in [-0.3, -0.25) is 4.79 Å². The van der Waals surface area contributed by atoms with Gasteiger partial charge in [-0.15, -0.1) is 0 Å². The number of anilines is 1. The molecule has 0 atom stereocenters. The van der Waals surface area contributed by atoms with Crippen molar-refractivity contribution in [1.82, 2.24) is 4.98 Å². The second-order valence-electron chi connectivity index (χ2n) is 3.46. The van der Waals surface area contributed by atoms with Gasteiger partial charge in [0, 0.05) is 12.4 Å². The van der Waals surface area contributed by atoms with Crippen LogP contribution < -0.4 is 5.32 Å². The summed E-state index contributed by atoms with van der Waals surface area (Å²) in [7, 11) is 0. The summed E-state index contributed by atoms with van der Waals surface area (Å²) in [5, 5.41) is 12.1. The maximum Gasteiger partial charge on any atom is 0.333 e. The molecule has 19 heavy (non-hydrogen) atoms. The van der Waals surface area contributed by atoms with Crippen LogP contribution in [0.1, 0.15) is 13.3 Å². The van der Waals surface area contributed by atoms with Crippen molar-refractivity contribution in [2.24, 2.45) is 0 Å². The van der Waals surface area contributed by atoms with E-state index in [1.54, 1.807) is 19.1 Å². The zero-order chi connectivity index (χ0) is 14.3. The summed E-state index contributed by atoms with van der Waals surface area (Å²) < 4.78 is 4.69. The molecular weight excluding hydrogens is 272 g/mol. The van der Waals surface area contributed by atoms with Crippen molar-refractivity contribution >= 4 is 29.4 Å². The van der Waals surface area contributed by atoms with Crippen molar-refractivity contribution in [3.63, 3.8) is 0 Å². The van der Waals surface area contributed by atoms with E-state index >= 15 is 0 Å². The van der Waals surface area contributed by atoms with Crippen molar-refractivity contribution in [2.45, 2.75) is 13.3 Å². The number of carboxylic acid groups (broad SMARTS) is 1. The number of pyridine rings is 1. The standard InChI is InChI=1S/C12H13ClN2O4/c1-2-19-11(16)5-8(12(17)18)6-14-10-4-3-9(13)7-15-10/h3-4,6-7H,2,5H2,1H3,(H,14,15)(H,17,18)/b8-6-. The normalized spacial score (nSPS) is 10.9. The lowest BCUT2D eigenvalue weighted by atomic mass is 10.2. The minimum absolute atomic E-state index is 0.116. The molecule has 0 unspecified atom stereocenters. The Labute approximate surface area is 115 Å². The molecule has 0 spiro atoms. The van der Waals surface area contributed by atoms with Crippen LogP contribution in [0.2, 0.25) is 5.02 Å². The Morgan fingerprint density at radius 3 is 2.79 bits per heavy atom. The zero-order valence-corrected chi connectivity index (χ0v) is 11.0. The number of halogens is 1. The highest BCUT2D eigenvalue weighted by molar-refractivity contribution is 6.30. The molecule has 0 fully saturated rings. The lowest BCUT2D eigenvalue weighted by molar-refractivity contribution is -0.144. The minimum atomic E-state index is -1.20. The van der Waals surface area contributed by atoms with Crippen LogP contribution in [0.25, 0.3) is 0 Å². The number of hydrogen-bond donors (Lipinski definition) is 2. The number of aliphatic carboxylic acids is 1.